The number of hydrogen-bond donors (Lipinski definition) is 1. The number of aromatic nitrogens is 5. The van der Waals surface area contributed by atoms with E-state index in [1.54, 1.807) is 6.33 Å². The third-order valence-electron chi connectivity index (χ3n) is 7.34. The van der Waals surface area contributed by atoms with Crippen molar-refractivity contribution in [3.05, 3.63) is 65.3 Å². The van der Waals surface area contributed by atoms with Crippen LogP contribution in [0.5, 0.6) is 0 Å². The summed E-state index contributed by atoms with van der Waals surface area (Å²) in [7, 11) is 0. The van der Waals surface area contributed by atoms with Crippen molar-refractivity contribution in [1.29, 1.82) is 0 Å². The lowest BCUT2D eigenvalue weighted by atomic mass is 9.80. The highest BCUT2D eigenvalue weighted by molar-refractivity contribution is 6.30. The van der Waals surface area contributed by atoms with Gasteiger partial charge >= 0.3 is 0 Å². The van der Waals surface area contributed by atoms with Crippen LogP contribution in [0, 0.1) is 5.41 Å². The first-order valence-corrected chi connectivity index (χ1v) is 12.5. The Kier molecular flexibility index (Phi) is 5.29. The number of anilines is 1. The Bertz CT molecular complexity index is 1400. The summed E-state index contributed by atoms with van der Waals surface area (Å²) in [5.74, 6) is 0.914. The number of nitrogens with one attached hydrogen (secondary N) is 1. The SMILES string of the molecule is CC[C@H](NC(=O)C1(C)CN(c2ncnn3cc(-c4cnn5c4CCC5)cc23)C1)c1ccc(Cl)cc1. The lowest BCUT2D eigenvalue weighted by Crippen LogP contribution is -2.62. The second kappa shape index (κ2) is 8.37. The van der Waals surface area contributed by atoms with E-state index in [-0.39, 0.29) is 11.9 Å². The maximum Gasteiger partial charge on any atom is 0.230 e. The molecule has 5 heterocycles. The van der Waals surface area contributed by atoms with Gasteiger partial charge in [0.15, 0.2) is 5.82 Å². The van der Waals surface area contributed by atoms with E-state index >= 15 is 0 Å². The molecule has 4 aromatic rings. The van der Waals surface area contributed by atoms with Gasteiger partial charge in [-0.2, -0.15) is 10.2 Å². The molecule has 0 saturated carbocycles. The van der Waals surface area contributed by atoms with E-state index in [0.717, 1.165) is 48.3 Å². The van der Waals surface area contributed by atoms with Crippen LogP contribution in [0.1, 0.15) is 44.0 Å². The topological polar surface area (TPSA) is 80.3 Å². The molecule has 1 aromatic carbocycles. The highest BCUT2D eigenvalue weighted by Crippen LogP contribution is 2.38. The zero-order chi connectivity index (χ0) is 24.2. The molecular formula is C26H28ClN7O. The Morgan fingerprint density at radius 3 is 2.80 bits per heavy atom. The van der Waals surface area contributed by atoms with Gasteiger partial charge in [-0.15, -0.1) is 0 Å². The molecule has 2 aliphatic rings. The van der Waals surface area contributed by atoms with Crippen molar-refractivity contribution in [2.75, 3.05) is 18.0 Å². The molecule has 0 bridgehead atoms. The third kappa shape index (κ3) is 3.76. The zero-order valence-corrected chi connectivity index (χ0v) is 20.7. The molecule has 3 aromatic heterocycles. The Balaban J connectivity index is 1.20. The quantitative estimate of drug-likeness (QED) is 0.437. The van der Waals surface area contributed by atoms with Crippen LogP contribution in [0.2, 0.25) is 5.02 Å². The van der Waals surface area contributed by atoms with Crippen LogP contribution in [-0.2, 0) is 17.8 Å². The van der Waals surface area contributed by atoms with Crippen molar-refractivity contribution in [2.24, 2.45) is 5.41 Å². The number of hydrogen-bond acceptors (Lipinski definition) is 5. The summed E-state index contributed by atoms with van der Waals surface area (Å²) in [6.07, 6.45) is 8.57. The van der Waals surface area contributed by atoms with Crippen molar-refractivity contribution >= 4 is 28.8 Å². The molecule has 35 heavy (non-hydrogen) atoms. The van der Waals surface area contributed by atoms with Gasteiger partial charge in [0.05, 0.1) is 17.7 Å². The molecule has 6 rings (SSSR count). The first kappa shape index (κ1) is 22.1. The molecule has 1 amide bonds. The van der Waals surface area contributed by atoms with Crippen LogP contribution >= 0.6 is 11.6 Å². The summed E-state index contributed by atoms with van der Waals surface area (Å²) < 4.78 is 3.97. The maximum atomic E-state index is 13.3. The van der Waals surface area contributed by atoms with E-state index in [0.29, 0.717) is 18.1 Å². The fraction of sp³-hybridized carbons (Fsp3) is 0.385. The van der Waals surface area contributed by atoms with Gasteiger partial charge in [0.25, 0.3) is 0 Å². The Hall–Kier alpha value is -3.39. The third-order valence-corrected chi connectivity index (χ3v) is 7.59. The van der Waals surface area contributed by atoms with E-state index < -0.39 is 5.41 Å². The van der Waals surface area contributed by atoms with Gasteiger partial charge in [-0.05, 0) is 49.9 Å². The highest BCUT2D eigenvalue weighted by atomic mass is 35.5. The molecule has 1 N–H and O–H groups in total. The van der Waals surface area contributed by atoms with Crippen molar-refractivity contribution < 1.29 is 4.79 Å². The summed E-state index contributed by atoms with van der Waals surface area (Å²) in [6, 6.07) is 9.78. The molecule has 1 saturated heterocycles. The largest absolute Gasteiger partial charge is 0.352 e. The monoisotopic (exact) mass is 489 g/mol. The van der Waals surface area contributed by atoms with Crippen LogP contribution in [-0.4, -0.2) is 43.4 Å². The average molecular weight is 490 g/mol. The number of nitrogens with zero attached hydrogens (tertiary/aromatic N) is 6. The maximum absolute atomic E-state index is 13.3. The normalized spacial score (nSPS) is 17.3. The smallest absolute Gasteiger partial charge is 0.230 e. The molecule has 9 heteroatoms. The fourth-order valence-corrected chi connectivity index (χ4v) is 5.48. The number of aryl methyl sites for hydroxylation is 1. The lowest BCUT2D eigenvalue weighted by molar-refractivity contribution is -0.132. The Morgan fingerprint density at radius 1 is 1.23 bits per heavy atom. The van der Waals surface area contributed by atoms with E-state index in [1.807, 2.05) is 48.1 Å². The molecule has 0 aliphatic carbocycles. The van der Waals surface area contributed by atoms with E-state index in [2.05, 4.69) is 43.1 Å². The van der Waals surface area contributed by atoms with Crippen molar-refractivity contribution in [3.63, 3.8) is 0 Å². The average Bonchev–Trinajstić information content (AvgIpc) is 3.56. The number of benzene rings is 1. The summed E-state index contributed by atoms with van der Waals surface area (Å²) >= 11 is 6.03. The second-order valence-electron chi connectivity index (χ2n) is 9.88. The molecule has 180 valence electrons. The molecule has 1 atom stereocenters. The highest BCUT2D eigenvalue weighted by Gasteiger charge is 2.46. The minimum absolute atomic E-state index is 0.0395. The number of rotatable bonds is 6. The van der Waals surface area contributed by atoms with Crippen molar-refractivity contribution in [1.82, 2.24) is 29.7 Å². The minimum atomic E-state index is -0.482. The van der Waals surface area contributed by atoms with Gasteiger partial charge in [-0.1, -0.05) is 30.7 Å². The Labute approximate surface area is 208 Å². The number of carbonyl (C=O) groups excluding carboxylic acids is 1. The molecule has 8 nitrogen and oxygen atoms in total. The van der Waals surface area contributed by atoms with Crippen molar-refractivity contribution in [3.8, 4) is 11.1 Å². The van der Waals surface area contributed by atoms with Crippen LogP contribution in [0.25, 0.3) is 16.6 Å². The number of halogens is 1. The van der Waals surface area contributed by atoms with Gasteiger partial charge in [0, 0.05) is 47.7 Å². The fourth-order valence-electron chi connectivity index (χ4n) is 5.35. The minimum Gasteiger partial charge on any atom is -0.352 e. The first-order valence-electron chi connectivity index (χ1n) is 12.1. The van der Waals surface area contributed by atoms with Crippen molar-refractivity contribution in [2.45, 2.75) is 45.7 Å². The number of amides is 1. The predicted molar refractivity (Wildman–Crippen MR) is 135 cm³/mol. The van der Waals surface area contributed by atoms with Crippen LogP contribution < -0.4 is 10.2 Å². The number of fused-ring (bicyclic) bond motifs is 2. The lowest BCUT2D eigenvalue weighted by Gasteiger charge is -2.47. The number of carbonyl (C=O) groups is 1. The summed E-state index contributed by atoms with van der Waals surface area (Å²) in [5, 5.41) is 12.9. The van der Waals surface area contributed by atoms with Gasteiger partial charge in [-0.3, -0.25) is 9.48 Å². The molecule has 1 fully saturated rings. The van der Waals surface area contributed by atoms with Gasteiger partial charge < -0.3 is 10.2 Å². The van der Waals surface area contributed by atoms with E-state index in [1.165, 1.54) is 11.3 Å². The molecular weight excluding hydrogens is 462 g/mol. The van der Waals surface area contributed by atoms with Gasteiger partial charge in [0.2, 0.25) is 5.91 Å². The van der Waals surface area contributed by atoms with E-state index in [9.17, 15) is 4.79 Å². The van der Waals surface area contributed by atoms with Crippen LogP contribution in [0.15, 0.2) is 49.1 Å². The molecule has 2 aliphatic heterocycles. The molecule has 0 unspecified atom stereocenters. The second-order valence-corrected chi connectivity index (χ2v) is 10.3. The zero-order valence-electron chi connectivity index (χ0n) is 19.9. The van der Waals surface area contributed by atoms with Gasteiger partial charge in [-0.25, -0.2) is 9.50 Å². The summed E-state index contributed by atoms with van der Waals surface area (Å²) in [6.45, 7) is 6.29. The summed E-state index contributed by atoms with van der Waals surface area (Å²) in [5.41, 5.74) is 5.08. The Morgan fingerprint density at radius 2 is 2.03 bits per heavy atom. The first-order chi connectivity index (χ1) is 16.9. The summed E-state index contributed by atoms with van der Waals surface area (Å²) in [4.78, 5) is 20.0. The van der Waals surface area contributed by atoms with Gasteiger partial charge in [0.1, 0.15) is 11.8 Å². The standard InChI is InChI=1S/C26H28ClN7O/c1-3-21(17-6-8-19(27)9-7-17)31-25(35)26(2)14-32(15-26)24-23-11-18(13-34(23)30-16-28-24)20-12-29-33-10-4-5-22(20)33/h6-9,11-13,16,21H,3-5,10,14-15H2,1-2H3,(H,31,35)/t21-/m0/s1. The van der Waals surface area contributed by atoms with Crippen LogP contribution in [0.4, 0.5) is 5.82 Å². The van der Waals surface area contributed by atoms with E-state index in [4.69, 9.17) is 11.6 Å². The van der Waals surface area contributed by atoms with Crippen LogP contribution in [0.3, 0.4) is 0 Å². The molecule has 0 spiro atoms. The predicted octanol–water partition coefficient (Wildman–Crippen LogP) is 4.29. The molecule has 0 radical (unpaired) electrons.